The molecule has 2 fully saturated rings. The standard InChI is InChI=1S/C17H19N3O2/c18-13-8-9-20(10-13)17(21)14-15(11-6-7-11)22-16(19-14)12-4-2-1-3-5-12/h1-5,11,13H,6-10,18H2/t13-/m0/s1. The monoisotopic (exact) mass is 297 g/mol. The lowest BCUT2D eigenvalue weighted by molar-refractivity contribution is 0.0783. The largest absolute Gasteiger partial charge is 0.440 e. The van der Waals surface area contributed by atoms with E-state index in [2.05, 4.69) is 4.98 Å². The maximum Gasteiger partial charge on any atom is 0.276 e. The minimum atomic E-state index is -0.0409. The minimum absolute atomic E-state index is 0.0409. The molecule has 22 heavy (non-hydrogen) atoms. The highest BCUT2D eigenvalue weighted by Crippen LogP contribution is 2.43. The number of nitrogens with two attached hydrogens (primary N) is 1. The molecule has 1 aliphatic carbocycles. The molecule has 1 aromatic heterocycles. The summed E-state index contributed by atoms with van der Waals surface area (Å²) in [4.78, 5) is 19.0. The summed E-state index contributed by atoms with van der Waals surface area (Å²) in [6, 6.07) is 9.81. The molecule has 1 aromatic carbocycles. The van der Waals surface area contributed by atoms with Crippen LogP contribution in [0.4, 0.5) is 0 Å². The van der Waals surface area contributed by atoms with E-state index in [1.807, 2.05) is 30.3 Å². The number of benzene rings is 1. The number of oxazole rings is 1. The molecule has 5 heteroatoms. The van der Waals surface area contributed by atoms with Gasteiger partial charge < -0.3 is 15.1 Å². The Bertz CT molecular complexity index is 691. The summed E-state index contributed by atoms with van der Waals surface area (Å²) in [5.74, 6) is 1.60. The van der Waals surface area contributed by atoms with E-state index in [0.29, 0.717) is 30.6 Å². The number of nitrogens with zero attached hydrogens (tertiary/aromatic N) is 2. The van der Waals surface area contributed by atoms with Gasteiger partial charge in [-0.15, -0.1) is 0 Å². The van der Waals surface area contributed by atoms with Gasteiger partial charge >= 0.3 is 0 Å². The zero-order valence-corrected chi connectivity index (χ0v) is 12.4. The molecule has 114 valence electrons. The minimum Gasteiger partial charge on any atom is -0.440 e. The maximum absolute atomic E-state index is 12.7. The van der Waals surface area contributed by atoms with Crippen LogP contribution in [0.3, 0.4) is 0 Å². The number of amides is 1. The number of carbonyl (C=O) groups is 1. The smallest absolute Gasteiger partial charge is 0.276 e. The zero-order chi connectivity index (χ0) is 15.1. The van der Waals surface area contributed by atoms with E-state index in [-0.39, 0.29) is 11.9 Å². The molecule has 2 aromatic rings. The number of aromatic nitrogens is 1. The van der Waals surface area contributed by atoms with Crippen LogP contribution in [-0.4, -0.2) is 34.9 Å². The van der Waals surface area contributed by atoms with Crippen LogP contribution >= 0.6 is 0 Å². The van der Waals surface area contributed by atoms with Gasteiger partial charge in [0.25, 0.3) is 5.91 Å². The van der Waals surface area contributed by atoms with Gasteiger partial charge in [-0.1, -0.05) is 18.2 Å². The predicted octanol–water partition coefficient (Wildman–Crippen LogP) is 2.39. The van der Waals surface area contributed by atoms with E-state index < -0.39 is 0 Å². The predicted molar refractivity (Wildman–Crippen MR) is 82.4 cm³/mol. The van der Waals surface area contributed by atoms with Crippen LogP contribution in [0.1, 0.15) is 41.4 Å². The summed E-state index contributed by atoms with van der Waals surface area (Å²) in [6.07, 6.45) is 3.00. The summed E-state index contributed by atoms with van der Waals surface area (Å²) < 4.78 is 5.94. The molecule has 1 aliphatic heterocycles. The fourth-order valence-electron chi connectivity index (χ4n) is 2.93. The first-order valence-electron chi connectivity index (χ1n) is 7.83. The lowest BCUT2D eigenvalue weighted by Crippen LogP contribution is -2.32. The third-order valence-corrected chi connectivity index (χ3v) is 4.34. The van der Waals surface area contributed by atoms with E-state index in [1.165, 1.54) is 0 Å². The number of hydrogen-bond donors (Lipinski definition) is 1. The summed E-state index contributed by atoms with van der Waals surface area (Å²) in [6.45, 7) is 1.31. The van der Waals surface area contributed by atoms with Gasteiger partial charge in [-0.3, -0.25) is 4.79 Å². The van der Waals surface area contributed by atoms with Crippen LogP contribution < -0.4 is 5.73 Å². The van der Waals surface area contributed by atoms with Gasteiger partial charge in [-0.2, -0.15) is 0 Å². The Hall–Kier alpha value is -2.14. The first-order valence-corrected chi connectivity index (χ1v) is 7.83. The van der Waals surface area contributed by atoms with Gasteiger partial charge in [-0.05, 0) is 31.4 Å². The van der Waals surface area contributed by atoms with Crippen molar-refractivity contribution in [2.45, 2.75) is 31.2 Å². The van der Waals surface area contributed by atoms with Crippen molar-refractivity contribution in [1.82, 2.24) is 9.88 Å². The summed E-state index contributed by atoms with van der Waals surface area (Å²) >= 11 is 0. The molecular weight excluding hydrogens is 278 g/mol. The average molecular weight is 297 g/mol. The van der Waals surface area contributed by atoms with Crippen molar-refractivity contribution in [1.29, 1.82) is 0 Å². The molecule has 2 aliphatic rings. The van der Waals surface area contributed by atoms with Gasteiger partial charge in [0.05, 0.1) is 0 Å². The number of hydrogen-bond acceptors (Lipinski definition) is 4. The fourth-order valence-corrected chi connectivity index (χ4v) is 2.93. The Balaban J connectivity index is 1.69. The molecule has 0 radical (unpaired) electrons. The molecule has 0 spiro atoms. The first-order chi connectivity index (χ1) is 10.7. The Morgan fingerprint density at radius 3 is 2.64 bits per heavy atom. The molecular formula is C17H19N3O2. The number of likely N-dealkylation sites (tertiary alicyclic amines) is 1. The highest BCUT2D eigenvalue weighted by atomic mass is 16.4. The van der Waals surface area contributed by atoms with Crippen molar-refractivity contribution < 1.29 is 9.21 Å². The van der Waals surface area contributed by atoms with Crippen molar-refractivity contribution in [2.24, 2.45) is 5.73 Å². The second-order valence-electron chi connectivity index (χ2n) is 6.17. The number of rotatable bonds is 3. The quantitative estimate of drug-likeness (QED) is 0.944. The first kappa shape index (κ1) is 13.5. The van der Waals surface area contributed by atoms with Gasteiger partial charge in [-0.25, -0.2) is 4.98 Å². The van der Waals surface area contributed by atoms with Gasteiger partial charge in [0.15, 0.2) is 5.69 Å². The second-order valence-corrected chi connectivity index (χ2v) is 6.17. The van der Waals surface area contributed by atoms with Crippen LogP contribution in [0, 0.1) is 0 Å². The Morgan fingerprint density at radius 2 is 2.00 bits per heavy atom. The summed E-state index contributed by atoms with van der Waals surface area (Å²) in [5.41, 5.74) is 7.30. The number of carbonyl (C=O) groups excluding carboxylic acids is 1. The highest BCUT2D eigenvalue weighted by molar-refractivity contribution is 5.94. The topological polar surface area (TPSA) is 72.4 Å². The third kappa shape index (κ3) is 2.41. The van der Waals surface area contributed by atoms with Crippen LogP contribution in [0.5, 0.6) is 0 Å². The molecule has 0 bridgehead atoms. The molecule has 2 heterocycles. The van der Waals surface area contributed by atoms with E-state index >= 15 is 0 Å². The van der Waals surface area contributed by atoms with Crippen molar-refractivity contribution >= 4 is 5.91 Å². The molecule has 1 atom stereocenters. The normalized spacial score (nSPS) is 21.3. The average Bonchev–Trinajstić information content (AvgIpc) is 3.14. The molecule has 1 saturated heterocycles. The van der Waals surface area contributed by atoms with Gasteiger partial charge in [0.2, 0.25) is 5.89 Å². The highest BCUT2D eigenvalue weighted by Gasteiger charge is 2.36. The Morgan fingerprint density at radius 1 is 1.23 bits per heavy atom. The zero-order valence-electron chi connectivity index (χ0n) is 12.4. The van der Waals surface area contributed by atoms with Crippen LogP contribution in [0.2, 0.25) is 0 Å². The van der Waals surface area contributed by atoms with Crippen LogP contribution in [0.25, 0.3) is 11.5 Å². The lowest BCUT2D eigenvalue weighted by atomic mass is 10.2. The molecule has 2 N–H and O–H groups in total. The Kier molecular flexibility index (Phi) is 3.22. The molecule has 1 amide bonds. The van der Waals surface area contributed by atoms with Crippen molar-refractivity contribution in [2.75, 3.05) is 13.1 Å². The van der Waals surface area contributed by atoms with Crippen molar-refractivity contribution in [3.8, 4) is 11.5 Å². The van der Waals surface area contributed by atoms with Gasteiger partial charge in [0, 0.05) is 30.6 Å². The second kappa shape index (κ2) is 5.25. The molecule has 1 saturated carbocycles. The van der Waals surface area contributed by atoms with E-state index in [1.54, 1.807) is 4.90 Å². The fraction of sp³-hybridized carbons (Fsp3) is 0.412. The van der Waals surface area contributed by atoms with E-state index in [0.717, 1.165) is 30.6 Å². The van der Waals surface area contributed by atoms with Crippen LogP contribution in [-0.2, 0) is 0 Å². The van der Waals surface area contributed by atoms with Crippen molar-refractivity contribution in [3.05, 3.63) is 41.8 Å². The van der Waals surface area contributed by atoms with Gasteiger partial charge in [0.1, 0.15) is 5.76 Å². The summed E-state index contributed by atoms with van der Waals surface area (Å²) in [7, 11) is 0. The SMILES string of the molecule is N[C@H]1CCN(C(=O)c2nc(-c3ccccc3)oc2C2CC2)C1. The molecule has 5 nitrogen and oxygen atoms in total. The molecule has 4 rings (SSSR count). The summed E-state index contributed by atoms with van der Waals surface area (Å²) in [5, 5.41) is 0. The van der Waals surface area contributed by atoms with Crippen molar-refractivity contribution in [3.63, 3.8) is 0 Å². The Labute approximate surface area is 129 Å². The maximum atomic E-state index is 12.7. The lowest BCUT2D eigenvalue weighted by Gasteiger charge is -2.14. The van der Waals surface area contributed by atoms with E-state index in [9.17, 15) is 4.79 Å². The van der Waals surface area contributed by atoms with E-state index in [4.69, 9.17) is 10.2 Å². The van der Waals surface area contributed by atoms with Crippen LogP contribution in [0.15, 0.2) is 34.7 Å². The molecule has 0 unspecified atom stereocenters. The third-order valence-electron chi connectivity index (χ3n) is 4.34.